The zero-order valence-corrected chi connectivity index (χ0v) is 9.60. The highest BCUT2D eigenvalue weighted by Gasteiger charge is 2.14. The highest BCUT2D eigenvalue weighted by molar-refractivity contribution is 5.89. The summed E-state index contributed by atoms with van der Waals surface area (Å²) in [6, 6.07) is 3.25. The fourth-order valence-corrected chi connectivity index (χ4v) is 1.62. The Morgan fingerprint density at radius 1 is 1.53 bits per heavy atom. The molecule has 0 saturated carbocycles. The van der Waals surface area contributed by atoms with Gasteiger partial charge in [0.1, 0.15) is 22.8 Å². The first-order chi connectivity index (χ1) is 8.02. The lowest BCUT2D eigenvalue weighted by Gasteiger charge is -2.06. The highest BCUT2D eigenvalue weighted by Crippen LogP contribution is 2.16. The van der Waals surface area contributed by atoms with Crippen LogP contribution in [0.1, 0.15) is 21.7 Å². The maximum absolute atomic E-state index is 11.6. The van der Waals surface area contributed by atoms with E-state index in [9.17, 15) is 9.90 Å². The van der Waals surface area contributed by atoms with Crippen LogP contribution >= 0.6 is 0 Å². The standard InChI is InChI=1S/C12H12N2O3/c1-7-4-11-13-9(8(2)15)5-10(12(16)17-3)14(11)6-7/h4-6,15H,2H2,1,3H3. The Hall–Kier alpha value is -2.30. The summed E-state index contributed by atoms with van der Waals surface area (Å²) < 4.78 is 6.31. The van der Waals surface area contributed by atoms with Crippen molar-refractivity contribution in [3.05, 3.63) is 41.9 Å². The van der Waals surface area contributed by atoms with Gasteiger partial charge in [0.25, 0.3) is 0 Å². The van der Waals surface area contributed by atoms with Gasteiger partial charge in [0.15, 0.2) is 0 Å². The van der Waals surface area contributed by atoms with Crippen molar-refractivity contribution in [3.8, 4) is 0 Å². The van der Waals surface area contributed by atoms with Crippen LogP contribution in [0, 0.1) is 6.92 Å². The second-order valence-electron chi connectivity index (χ2n) is 3.71. The number of fused-ring (bicyclic) bond motifs is 1. The minimum absolute atomic E-state index is 0.184. The van der Waals surface area contributed by atoms with Crippen molar-refractivity contribution in [1.29, 1.82) is 0 Å². The lowest BCUT2D eigenvalue weighted by atomic mass is 10.3. The van der Waals surface area contributed by atoms with Gasteiger partial charge in [-0.25, -0.2) is 9.78 Å². The number of hydrogen-bond acceptors (Lipinski definition) is 4. The van der Waals surface area contributed by atoms with E-state index in [0.29, 0.717) is 11.3 Å². The van der Waals surface area contributed by atoms with Crippen LogP contribution in [0.5, 0.6) is 0 Å². The van der Waals surface area contributed by atoms with Gasteiger partial charge in [-0.3, -0.25) is 4.40 Å². The lowest BCUT2D eigenvalue weighted by Crippen LogP contribution is -2.09. The summed E-state index contributed by atoms with van der Waals surface area (Å²) in [7, 11) is 1.30. The average Bonchev–Trinajstić information content (AvgIpc) is 2.66. The van der Waals surface area contributed by atoms with Crippen LogP contribution in [-0.4, -0.2) is 27.6 Å². The molecule has 0 aliphatic carbocycles. The maximum Gasteiger partial charge on any atom is 0.355 e. The summed E-state index contributed by atoms with van der Waals surface area (Å²) in [5.74, 6) is -0.674. The number of aromatic nitrogens is 2. The molecule has 2 aromatic rings. The van der Waals surface area contributed by atoms with Crippen molar-refractivity contribution < 1.29 is 14.6 Å². The van der Waals surface area contributed by atoms with E-state index < -0.39 is 5.97 Å². The molecule has 2 aromatic heterocycles. The van der Waals surface area contributed by atoms with Gasteiger partial charge in [-0.15, -0.1) is 0 Å². The van der Waals surface area contributed by atoms with E-state index in [1.54, 1.807) is 16.7 Å². The quantitative estimate of drug-likeness (QED) is 0.635. The summed E-state index contributed by atoms with van der Waals surface area (Å²) in [6.45, 7) is 5.29. The predicted molar refractivity (Wildman–Crippen MR) is 62.9 cm³/mol. The first kappa shape index (κ1) is 11.2. The van der Waals surface area contributed by atoms with Crippen molar-refractivity contribution in [2.75, 3.05) is 7.11 Å². The molecule has 1 N–H and O–H groups in total. The number of hydrogen-bond donors (Lipinski definition) is 1. The molecule has 0 fully saturated rings. The Morgan fingerprint density at radius 3 is 2.82 bits per heavy atom. The smallest absolute Gasteiger partial charge is 0.355 e. The third-order valence-corrected chi connectivity index (χ3v) is 2.39. The minimum atomic E-state index is -0.490. The van der Waals surface area contributed by atoms with Crippen molar-refractivity contribution in [2.24, 2.45) is 0 Å². The third-order valence-electron chi connectivity index (χ3n) is 2.39. The average molecular weight is 232 g/mol. The van der Waals surface area contributed by atoms with E-state index in [-0.39, 0.29) is 11.5 Å². The van der Waals surface area contributed by atoms with Crippen LogP contribution in [0.4, 0.5) is 0 Å². The molecule has 0 saturated heterocycles. The Bertz CT molecular complexity index is 613. The number of rotatable bonds is 2. The van der Waals surface area contributed by atoms with Gasteiger partial charge < -0.3 is 9.84 Å². The van der Waals surface area contributed by atoms with Gasteiger partial charge in [0.05, 0.1) is 7.11 Å². The lowest BCUT2D eigenvalue weighted by molar-refractivity contribution is 0.0592. The van der Waals surface area contributed by atoms with Crippen molar-refractivity contribution in [1.82, 2.24) is 9.38 Å². The molecule has 0 atom stereocenters. The Morgan fingerprint density at radius 2 is 2.24 bits per heavy atom. The summed E-state index contributed by atoms with van der Waals surface area (Å²) >= 11 is 0. The molecule has 0 amide bonds. The molecule has 17 heavy (non-hydrogen) atoms. The zero-order valence-electron chi connectivity index (χ0n) is 9.60. The first-order valence-corrected chi connectivity index (χ1v) is 4.99. The Kier molecular flexibility index (Phi) is 2.59. The van der Waals surface area contributed by atoms with Gasteiger partial charge >= 0.3 is 5.97 Å². The van der Waals surface area contributed by atoms with Crippen LogP contribution in [0.25, 0.3) is 11.4 Å². The van der Waals surface area contributed by atoms with Gasteiger partial charge in [0.2, 0.25) is 0 Å². The number of aryl methyl sites for hydroxylation is 1. The largest absolute Gasteiger partial charge is 0.506 e. The molecule has 5 nitrogen and oxygen atoms in total. The zero-order chi connectivity index (χ0) is 12.6. The summed E-state index contributed by atoms with van der Waals surface area (Å²) in [5, 5.41) is 9.35. The van der Waals surface area contributed by atoms with Crippen LogP contribution in [0.2, 0.25) is 0 Å². The van der Waals surface area contributed by atoms with Crippen molar-refractivity contribution in [3.63, 3.8) is 0 Å². The summed E-state index contributed by atoms with van der Waals surface area (Å²) in [6.07, 6.45) is 1.78. The van der Waals surface area contributed by atoms with Crippen LogP contribution < -0.4 is 0 Å². The molecule has 0 bridgehead atoms. The summed E-state index contributed by atoms with van der Waals surface area (Å²) in [4.78, 5) is 15.8. The Balaban J connectivity index is 2.77. The molecule has 0 unspecified atom stereocenters. The molecule has 2 heterocycles. The van der Waals surface area contributed by atoms with E-state index in [4.69, 9.17) is 0 Å². The van der Waals surface area contributed by atoms with Crippen molar-refractivity contribution >= 4 is 17.4 Å². The molecule has 0 aromatic carbocycles. The number of nitrogens with zero attached hydrogens (tertiary/aromatic N) is 2. The van der Waals surface area contributed by atoms with E-state index in [1.165, 1.54) is 13.2 Å². The number of ether oxygens (including phenoxy) is 1. The topological polar surface area (TPSA) is 63.8 Å². The Labute approximate surface area is 98.0 Å². The molecular weight excluding hydrogens is 220 g/mol. The number of carbonyl (C=O) groups is 1. The number of carbonyl (C=O) groups excluding carboxylic acids is 1. The van der Waals surface area contributed by atoms with Gasteiger partial charge in [-0.05, 0) is 24.6 Å². The maximum atomic E-state index is 11.6. The molecular formula is C12H12N2O3. The molecule has 0 radical (unpaired) electrons. The normalized spacial score (nSPS) is 10.5. The van der Waals surface area contributed by atoms with Gasteiger partial charge in [-0.2, -0.15) is 0 Å². The fourth-order valence-electron chi connectivity index (χ4n) is 1.62. The van der Waals surface area contributed by atoms with Crippen LogP contribution in [0.3, 0.4) is 0 Å². The fraction of sp³-hybridized carbons (Fsp3) is 0.167. The second-order valence-corrected chi connectivity index (χ2v) is 3.71. The molecule has 2 rings (SSSR count). The SMILES string of the molecule is C=C(O)c1cc(C(=O)OC)n2cc(C)cc2n1. The van der Waals surface area contributed by atoms with Crippen LogP contribution in [0.15, 0.2) is 24.9 Å². The molecule has 0 aliphatic heterocycles. The third kappa shape index (κ3) is 1.87. The van der Waals surface area contributed by atoms with Crippen LogP contribution in [-0.2, 0) is 4.74 Å². The monoisotopic (exact) mass is 232 g/mol. The van der Waals surface area contributed by atoms with E-state index in [2.05, 4.69) is 16.3 Å². The van der Waals surface area contributed by atoms with Gasteiger partial charge in [0, 0.05) is 6.20 Å². The number of methoxy groups -OCH3 is 1. The van der Waals surface area contributed by atoms with E-state index >= 15 is 0 Å². The number of aliphatic hydroxyl groups excluding tert-OH is 1. The number of aliphatic hydroxyl groups is 1. The van der Waals surface area contributed by atoms with E-state index in [1.807, 2.05) is 6.92 Å². The second kappa shape index (κ2) is 3.93. The highest BCUT2D eigenvalue weighted by atomic mass is 16.5. The molecule has 88 valence electrons. The van der Waals surface area contributed by atoms with Crippen molar-refractivity contribution in [2.45, 2.75) is 6.92 Å². The predicted octanol–water partition coefficient (Wildman–Crippen LogP) is 1.96. The molecule has 0 spiro atoms. The molecule has 0 aliphatic rings. The first-order valence-electron chi connectivity index (χ1n) is 4.99. The van der Waals surface area contributed by atoms with E-state index in [0.717, 1.165) is 5.56 Å². The molecule has 5 heteroatoms. The number of esters is 1. The van der Waals surface area contributed by atoms with Gasteiger partial charge in [-0.1, -0.05) is 6.58 Å². The summed E-state index contributed by atoms with van der Waals surface area (Å²) in [5.41, 5.74) is 2.09. The minimum Gasteiger partial charge on any atom is -0.506 e.